The number of hydrogen-bond donors (Lipinski definition) is 0. The van der Waals surface area contributed by atoms with Gasteiger partial charge in [0.15, 0.2) is 0 Å². The molecule has 1 unspecified atom stereocenters. The summed E-state index contributed by atoms with van der Waals surface area (Å²) in [6.45, 7) is 10.7. The average molecular weight is 552 g/mol. The zero-order valence-corrected chi connectivity index (χ0v) is 24.0. The van der Waals surface area contributed by atoms with E-state index in [1.807, 2.05) is 82.3 Å². The second-order valence-electron chi connectivity index (χ2n) is 11.2. The Morgan fingerprint density at radius 3 is 2.30 bits per heavy atom. The van der Waals surface area contributed by atoms with Gasteiger partial charge in [-0.25, -0.2) is 4.79 Å². The average Bonchev–Trinajstić information content (AvgIpc) is 2.95. The Kier molecular flexibility index (Phi) is 9.55. The van der Waals surface area contributed by atoms with Gasteiger partial charge in [0.25, 0.3) is 5.91 Å². The van der Waals surface area contributed by atoms with Gasteiger partial charge in [-0.2, -0.15) is 0 Å². The summed E-state index contributed by atoms with van der Waals surface area (Å²) >= 11 is 0. The Balaban J connectivity index is 1.46. The molecule has 9 heteroatoms. The molecule has 0 saturated carbocycles. The van der Waals surface area contributed by atoms with E-state index in [1.165, 1.54) is 0 Å². The summed E-state index contributed by atoms with van der Waals surface area (Å²) in [6, 6.07) is 17.1. The highest BCUT2D eigenvalue weighted by Gasteiger charge is 2.33. The van der Waals surface area contributed by atoms with Crippen LogP contribution in [0.4, 0.5) is 10.5 Å². The standard InChI is InChI=1S/C31H41N3O6/c1-5-38-29(36)24-13-10-16-34(22-24)25-14-9-15-26(21-25)39-27(23-11-7-6-8-12-23)28(35)32-17-19-33(20-18-32)30(37)40-31(2,3)4/h6-9,11-12,14-15,21,24,27H,5,10,13,16-20,22H2,1-4H3/t24-,27?/m1/s1. The van der Waals surface area contributed by atoms with Crippen LogP contribution in [0, 0.1) is 5.92 Å². The van der Waals surface area contributed by atoms with E-state index in [4.69, 9.17) is 14.2 Å². The Morgan fingerprint density at radius 2 is 1.62 bits per heavy atom. The maximum atomic E-state index is 13.8. The molecule has 216 valence electrons. The van der Waals surface area contributed by atoms with Crippen LogP contribution in [-0.2, 0) is 19.1 Å². The molecule has 0 bridgehead atoms. The first-order valence-electron chi connectivity index (χ1n) is 14.1. The number of benzene rings is 2. The van der Waals surface area contributed by atoms with Gasteiger partial charge in [-0.05, 0) is 52.7 Å². The summed E-state index contributed by atoms with van der Waals surface area (Å²) in [5.74, 6) is 0.114. The van der Waals surface area contributed by atoms with Crippen LogP contribution in [0.2, 0.25) is 0 Å². The molecule has 2 aromatic rings. The van der Waals surface area contributed by atoms with E-state index in [2.05, 4.69) is 4.90 Å². The number of anilines is 1. The third-order valence-corrected chi connectivity index (χ3v) is 7.05. The van der Waals surface area contributed by atoms with Gasteiger partial charge in [-0.3, -0.25) is 9.59 Å². The molecule has 0 N–H and O–H groups in total. The maximum Gasteiger partial charge on any atom is 0.410 e. The van der Waals surface area contributed by atoms with Crippen molar-refractivity contribution in [3.05, 3.63) is 60.2 Å². The van der Waals surface area contributed by atoms with E-state index in [0.717, 1.165) is 30.6 Å². The van der Waals surface area contributed by atoms with Crippen molar-refractivity contribution in [1.82, 2.24) is 9.80 Å². The van der Waals surface area contributed by atoms with Crippen molar-refractivity contribution in [3.63, 3.8) is 0 Å². The minimum atomic E-state index is -0.835. The van der Waals surface area contributed by atoms with Crippen molar-refractivity contribution in [2.24, 2.45) is 5.92 Å². The summed E-state index contributed by atoms with van der Waals surface area (Å²) in [5.41, 5.74) is 1.13. The number of rotatable bonds is 7. The van der Waals surface area contributed by atoms with Gasteiger partial charge in [-0.1, -0.05) is 36.4 Å². The molecule has 2 aromatic carbocycles. The van der Waals surface area contributed by atoms with Crippen molar-refractivity contribution < 1.29 is 28.6 Å². The fourth-order valence-electron chi connectivity index (χ4n) is 5.04. The van der Waals surface area contributed by atoms with Crippen LogP contribution in [0.3, 0.4) is 0 Å². The van der Waals surface area contributed by atoms with E-state index in [0.29, 0.717) is 45.1 Å². The summed E-state index contributed by atoms with van der Waals surface area (Å²) in [7, 11) is 0. The van der Waals surface area contributed by atoms with Gasteiger partial charge in [0.05, 0.1) is 12.5 Å². The minimum absolute atomic E-state index is 0.152. The van der Waals surface area contributed by atoms with Crippen LogP contribution in [0.1, 0.15) is 52.2 Å². The monoisotopic (exact) mass is 551 g/mol. The van der Waals surface area contributed by atoms with Gasteiger partial charge >= 0.3 is 12.1 Å². The third-order valence-electron chi connectivity index (χ3n) is 7.05. The van der Waals surface area contributed by atoms with Crippen molar-refractivity contribution in [3.8, 4) is 5.75 Å². The second kappa shape index (κ2) is 13.1. The number of ether oxygens (including phenoxy) is 3. The molecule has 4 rings (SSSR count). The zero-order chi connectivity index (χ0) is 28.7. The number of amides is 2. The van der Waals surface area contributed by atoms with Gasteiger partial charge in [0.2, 0.25) is 6.10 Å². The Bertz CT molecular complexity index is 1160. The maximum absolute atomic E-state index is 13.8. The third kappa shape index (κ3) is 7.67. The fraction of sp³-hybridized carbons (Fsp3) is 0.516. The van der Waals surface area contributed by atoms with Crippen molar-refractivity contribution >= 4 is 23.7 Å². The normalized spacial score (nSPS) is 18.6. The van der Waals surface area contributed by atoms with Crippen LogP contribution < -0.4 is 9.64 Å². The van der Waals surface area contributed by atoms with Crippen LogP contribution in [0.25, 0.3) is 0 Å². The first-order valence-corrected chi connectivity index (χ1v) is 14.1. The molecular weight excluding hydrogens is 510 g/mol. The Labute approximate surface area is 237 Å². The van der Waals surface area contributed by atoms with E-state index < -0.39 is 11.7 Å². The number of nitrogens with zero attached hydrogens (tertiary/aromatic N) is 3. The predicted molar refractivity (Wildman–Crippen MR) is 152 cm³/mol. The lowest BCUT2D eigenvalue weighted by molar-refractivity contribution is -0.148. The number of piperazine rings is 1. The molecule has 9 nitrogen and oxygen atoms in total. The van der Waals surface area contributed by atoms with Crippen molar-refractivity contribution in [1.29, 1.82) is 0 Å². The Hall–Kier alpha value is -3.75. The summed E-state index contributed by atoms with van der Waals surface area (Å²) in [4.78, 5) is 44.2. The quantitative estimate of drug-likeness (QED) is 0.462. The molecule has 0 spiro atoms. The topological polar surface area (TPSA) is 88.6 Å². The van der Waals surface area contributed by atoms with Gasteiger partial charge in [0, 0.05) is 56.6 Å². The fourth-order valence-corrected chi connectivity index (χ4v) is 5.04. The molecule has 40 heavy (non-hydrogen) atoms. The number of hydrogen-bond acceptors (Lipinski definition) is 7. The lowest BCUT2D eigenvalue weighted by atomic mass is 9.97. The summed E-state index contributed by atoms with van der Waals surface area (Å²) in [6.07, 6.45) is 0.514. The smallest absolute Gasteiger partial charge is 0.410 e. The second-order valence-corrected chi connectivity index (χ2v) is 11.2. The van der Waals surface area contributed by atoms with E-state index >= 15 is 0 Å². The van der Waals surface area contributed by atoms with E-state index in [-0.39, 0.29) is 23.9 Å². The summed E-state index contributed by atoms with van der Waals surface area (Å²) < 4.78 is 17.1. The SMILES string of the molecule is CCOC(=O)[C@@H]1CCCN(c2cccc(OC(C(=O)N3CCN(C(=O)OC(C)(C)C)CC3)c3ccccc3)c2)C1. The van der Waals surface area contributed by atoms with Gasteiger partial charge in [-0.15, -0.1) is 0 Å². The Morgan fingerprint density at radius 1 is 0.925 bits per heavy atom. The molecule has 2 amide bonds. The number of esters is 1. The van der Waals surface area contributed by atoms with Crippen LogP contribution in [0.5, 0.6) is 5.75 Å². The first kappa shape index (κ1) is 29.2. The highest BCUT2D eigenvalue weighted by molar-refractivity contribution is 5.83. The minimum Gasteiger partial charge on any atom is -0.476 e. The molecule has 2 atom stereocenters. The molecule has 2 heterocycles. The molecule has 0 radical (unpaired) electrons. The van der Waals surface area contributed by atoms with Crippen LogP contribution in [0.15, 0.2) is 54.6 Å². The molecule has 0 aliphatic carbocycles. The highest BCUT2D eigenvalue weighted by atomic mass is 16.6. The summed E-state index contributed by atoms with van der Waals surface area (Å²) in [5, 5.41) is 0. The van der Waals surface area contributed by atoms with Gasteiger partial charge in [0.1, 0.15) is 11.4 Å². The van der Waals surface area contributed by atoms with E-state index in [1.54, 1.807) is 9.80 Å². The number of carbonyl (C=O) groups is 3. The molecule has 0 aromatic heterocycles. The lowest BCUT2D eigenvalue weighted by Crippen LogP contribution is -2.53. The molecule has 2 saturated heterocycles. The van der Waals surface area contributed by atoms with Crippen molar-refractivity contribution in [2.45, 2.75) is 52.2 Å². The first-order chi connectivity index (χ1) is 19.1. The predicted octanol–water partition coefficient (Wildman–Crippen LogP) is 4.67. The molecule has 2 fully saturated rings. The number of piperidine rings is 1. The molecular formula is C31H41N3O6. The highest BCUT2D eigenvalue weighted by Crippen LogP contribution is 2.30. The zero-order valence-electron chi connectivity index (χ0n) is 24.0. The number of carbonyl (C=O) groups excluding carboxylic acids is 3. The van der Waals surface area contributed by atoms with Gasteiger partial charge < -0.3 is 28.9 Å². The van der Waals surface area contributed by atoms with E-state index in [9.17, 15) is 14.4 Å². The molecule has 2 aliphatic heterocycles. The van der Waals surface area contributed by atoms with Crippen molar-refractivity contribution in [2.75, 3.05) is 50.8 Å². The molecule has 2 aliphatic rings. The van der Waals surface area contributed by atoms with Crippen LogP contribution >= 0.6 is 0 Å². The van der Waals surface area contributed by atoms with Crippen LogP contribution in [-0.4, -0.2) is 79.2 Å². The lowest BCUT2D eigenvalue weighted by Gasteiger charge is -2.37. The largest absolute Gasteiger partial charge is 0.476 e.